The number of hydrogen-bond acceptors (Lipinski definition) is 4. The van der Waals surface area contributed by atoms with Crippen LogP contribution in [-0.2, 0) is 4.79 Å². The van der Waals surface area contributed by atoms with Crippen LogP contribution in [0.5, 0.6) is 11.5 Å². The van der Waals surface area contributed by atoms with Crippen molar-refractivity contribution in [2.45, 2.75) is 6.92 Å². The van der Waals surface area contributed by atoms with Gasteiger partial charge in [-0.15, -0.1) is 0 Å². The maximum Gasteiger partial charge on any atom is 0.265 e. The molecule has 0 unspecified atom stereocenters. The van der Waals surface area contributed by atoms with Crippen molar-refractivity contribution in [1.82, 2.24) is 0 Å². The molecule has 1 aliphatic rings. The van der Waals surface area contributed by atoms with Gasteiger partial charge in [-0.2, -0.15) is 0 Å². The zero-order valence-corrected chi connectivity index (χ0v) is 17.0. The number of carbonyl (C=O) groups excluding carboxylic acids is 2. The van der Waals surface area contributed by atoms with Gasteiger partial charge < -0.3 is 9.47 Å². The molecule has 0 aliphatic carbocycles. The highest BCUT2D eigenvalue weighted by Crippen LogP contribution is 2.34. The van der Waals surface area contributed by atoms with E-state index in [4.69, 9.17) is 9.47 Å². The second-order valence-electron chi connectivity index (χ2n) is 7.03. The number of benzene rings is 3. The maximum atomic E-state index is 13.5. The van der Waals surface area contributed by atoms with E-state index in [9.17, 15) is 9.59 Å². The highest BCUT2D eigenvalue weighted by Gasteiger charge is 2.35. The van der Waals surface area contributed by atoms with Crippen LogP contribution in [0.4, 0.5) is 5.69 Å². The summed E-state index contributed by atoms with van der Waals surface area (Å²) < 4.78 is 10.7. The molecular formula is C25H21NO4. The van der Waals surface area contributed by atoms with Gasteiger partial charge in [-0.3, -0.25) is 9.59 Å². The summed E-state index contributed by atoms with van der Waals surface area (Å²) in [5.41, 5.74) is 3.78. The van der Waals surface area contributed by atoms with Crippen molar-refractivity contribution in [2.24, 2.45) is 0 Å². The smallest absolute Gasteiger partial charge is 0.265 e. The highest BCUT2D eigenvalue weighted by atomic mass is 16.5. The summed E-state index contributed by atoms with van der Waals surface area (Å²) in [5, 5.41) is 0. The van der Waals surface area contributed by atoms with Crippen LogP contribution in [0.3, 0.4) is 0 Å². The fraction of sp³-hybridized carbons (Fsp3) is 0.120. The number of anilines is 1. The second kappa shape index (κ2) is 7.87. The minimum absolute atomic E-state index is 0.332. The summed E-state index contributed by atoms with van der Waals surface area (Å²) >= 11 is 0. The van der Waals surface area contributed by atoms with E-state index >= 15 is 0 Å². The molecule has 2 amide bonds. The van der Waals surface area contributed by atoms with Crippen LogP contribution in [0.25, 0.3) is 11.6 Å². The molecule has 0 bridgehead atoms. The molecule has 0 saturated heterocycles. The van der Waals surface area contributed by atoms with E-state index in [0.29, 0.717) is 33.9 Å². The molecule has 150 valence electrons. The molecule has 0 spiro atoms. The molecule has 0 N–H and O–H groups in total. The van der Waals surface area contributed by atoms with Gasteiger partial charge in [-0.1, -0.05) is 30.3 Å². The Morgan fingerprint density at radius 3 is 2.07 bits per heavy atom. The Morgan fingerprint density at radius 2 is 1.43 bits per heavy atom. The Morgan fingerprint density at radius 1 is 0.767 bits per heavy atom. The molecule has 30 heavy (non-hydrogen) atoms. The van der Waals surface area contributed by atoms with Crippen LogP contribution in [0.15, 0.2) is 66.7 Å². The average molecular weight is 399 g/mol. The number of amides is 2. The van der Waals surface area contributed by atoms with Crippen LogP contribution >= 0.6 is 0 Å². The number of rotatable bonds is 4. The Labute approximate surface area is 175 Å². The van der Waals surface area contributed by atoms with E-state index in [0.717, 1.165) is 11.1 Å². The zero-order chi connectivity index (χ0) is 21.3. The molecule has 0 aromatic heterocycles. The minimum Gasteiger partial charge on any atom is -0.497 e. The summed E-state index contributed by atoms with van der Waals surface area (Å²) in [7, 11) is 3.15. The average Bonchev–Trinajstić information content (AvgIpc) is 2.76. The lowest BCUT2D eigenvalue weighted by Gasteiger charge is -2.29. The predicted molar refractivity (Wildman–Crippen MR) is 117 cm³/mol. The number of nitrogens with zero attached hydrogens (tertiary/aromatic N) is 1. The van der Waals surface area contributed by atoms with Crippen molar-refractivity contribution >= 4 is 29.2 Å². The standard InChI is InChI=1S/C25H21NO4/c1-16-7-6-8-18(11-16)26-24(27)22-10-5-4-9-21(22)23(25(26)28)14-17-12-19(29-2)15-20(13-17)30-3/h4-15H,1-3H3/b23-14-. The van der Waals surface area contributed by atoms with E-state index in [1.807, 2.05) is 43.3 Å². The Hall–Kier alpha value is -3.86. The lowest BCUT2D eigenvalue weighted by molar-refractivity contribution is -0.112. The van der Waals surface area contributed by atoms with Gasteiger partial charge in [-0.25, -0.2) is 4.90 Å². The number of hydrogen-bond donors (Lipinski definition) is 0. The molecule has 5 nitrogen and oxygen atoms in total. The molecule has 0 atom stereocenters. The third-order valence-corrected chi connectivity index (χ3v) is 5.03. The fourth-order valence-electron chi connectivity index (χ4n) is 3.57. The van der Waals surface area contributed by atoms with Crippen LogP contribution < -0.4 is 14.4 Å². The molecule has 1 heterocycles. The van der Waals surface area contributed by atoms with Gasteiger partial charge in [0.05, 0.1) is 19.9 Å². The lowest BCUT2D eigenvalue weighted by Crippen LogP contribution is -2.41. The van der Waals surface area contributed by atoms with Crippen LogP contribution in [-0.4, -0.2) is 26.0 Å². The van der Waals surface area contributed by atoms with E-state index in [-0.39, 0.29) is 11.8 Å². The molecule has 4 rings (SSSR count). The summed E-state index contributed by atoms with van der Waals surface area (Å²) in [6.07, 6.45) is 1.77. The fourth-order valence-corrected chi connectivity index (χ4v) is 3.57. The van der Waals surface area contributed by atoms with E-state index < -0.39 is 0 Å². The molecule has 1 aliphatic heterocycles. The third-order valence-electron chi connectivity index (χ3n) is 5.03. The zero-order valence-electron chi connectivity index (χ0n) is 17.0. The Bertz CT molecular complexity index is 1160. The van der Waals surface area contributed by atoms with Crippen molar-refractivity contribution in [3.05, 3.63) is 89.0 Å². The summed E-state index contributed by atoms with van der Waals surface area (Å²) in [6.45, 7) is 1.93. The number of aryl methyl sites for hydroxylation is 1. The van der Waals surface area contributed by atoms with Crippen LogP contribution in [0, 0.1) is 6.92 Å². The number of carbonyl (C=O) groups is 2. The molecule has 3 aromatic carbocycles. The van der Waals surface area contributed by atoms with Crippen molar-refractivity contribution in [3.8, 4) is 11.5 Å². The second-order valence-corrected chi connectivity index (χ2v) is 7.03. The SMILES string of the molecule is COc1cc(/C=C2\C(=O)N(c3cccc(C)c3)C(=O)c3ccccc32)cc(OC)c1. The van der Waals surface area contributed by atoms with Crippen molar-refractivity contribution in [3.63, 3.8) is 0 Å². The molecular weight excluding hydrogens is 378 g/mol. The Kier molecular flexibility index (Phi) is 5.11. The minimum atomic E-state index is -0.369. The third kappa shape index (κ3) is 3.46. The molecule has 3 aromatic rings. The van der Waals surface area contributed by atoms with E-state index in [1.54, 1.807) is 50.6 Å². The van der Waals surface area contributed by atoms with Gasteiger partial charge in [0.1, 0.15) is 11.5 Å². The van der Waals surface area contributed by atoms with Gasteiger partial charge in [0.25, 0.3) is 11.8 Å². The first-order chi connectivity index (χ1) is 14.5. The Balaban J connectivity index is 1.90. The van der Waals surface area contributed by atoms with Crippen molar-refractivity contribution in [1.29, 1.82) is 0 Å². The first kappa shape index (κ1) is 19.5. The lowest BCUT2D eigenvalue weighted by atomic mass is 9.91. The first-order valence-electron chi connectivity index (χ1n) is 9.51. The summed E-state index contributed by atoms with van der Waals surface area (Å²) in [6, 6.07) is 19.9. The van der Waals surface area contributed by atoms with Gasteiger partial charge in [0.15, 0.2) is 0 Å². The van der Waals surface area contributed by atoms with Gasteiger partial charge >= 0.3 is 0 Å². The molecule has 0 radical (unpaired) electrons. The van der Waals surface area contributed by atoms with E-state index in [2.05, 4.69) is 0 Å². The molecule has 0 fully saturated rings. The predicted octanol–water partition coefficient (Wildman–Crippen LogP) is 4.74. The highest BCUT2D eigenvalue weighted by molar-refractivity contribution is 6.43. The van der Waals surface area contributed by atoms with Gasteiger partial charge in [0.2, 0.25) is 0 Å². The van der Waals surface area contributed by atoms with Gasteiger partial charge in [-0.05, 0) is 60.0 Å². The van der Waals surface area contributed by atoms with Crippen molar-refractivity contribution in [2.75, 3.05) is 19.1 Å². The number of fused-ring (bicyclic) bond motifs is 1. The molecule has 5 heteroatoms. The van der Waals surface area contributed by atoms with Crippen LogP contribution in [0.2, 0.25) is 0 Å². The quantitative estimate of drug-likeness (QED) is 0.470. The maximum absolute atomic E-state index is 13.5. The summed E-state index contributed by atoms with van der Waals surface area (Å²) in [4.78, 5) is 27.9. The number of ether oxygens (including phenoxy) is 2. The number of methoxy groups -OCH3 is 2. The number of imide groups is 1. The topological polar surface area (TPSA) is 55.8 Å². The largest absolute Gasteiger partial charge is 0.497 e. The van der Waals surface area contributed by atoms with Gasteiger partial charge in [0, 0.05) is 17.2 Å². The molecule has 0 saturated carbocycles. The summed E-state index contributed by atoms with van der Waals surface area (Å²) in [5.74, 6) is 0.529. The van der Waals surface area contributed by atoms with Crippen LogP contribution in [0.1, 0.15) is 27.0 Å². The van der Waals surface area contributed by atoms with E-state index in [1.165, 1.54) is 4.90 Å². The normalized spacial score (nSPS) is 14.6. The monoisotopic (exact) mass is 399 g/mol. The van der Waals surface area contributed by atoms with Crippen molar-refractivity contribution < 1.29 is 19.1 Å². The first-order valence-corrected chi connectivity index (χ1v) is 9.51.